The van der Waals surface area contributed by atoms with Crippen LogP contribution >= 0.6 is 0 Å². The van der Waals surface area contributed by atoms with Gasteiger partial charge < -0.3 is 10.1 Å². The molecule has 2 saturated carbocycles. The first kappa shape index (κ1) is 18.2. The van der Waals surface area contributed by atoms with Crippen LogP contribution in [0.5, 0.6) is 0 Å². The second-order valence-corrected chi connectivity index (χ2v) is 8.66. The summed E-state index contributed by atoms with van der Waals surface area (Å²) in [4.78, 5) is 22.9. The van der Waals surface area contributed by atoms with E-state index in [1.54, 1.807) is 12.1 Å². The number of hydrogen-bond acceptors (Lipinski definition) is 5. The van der Waals surface area contributed by atoms with Crippen LogP contribution in [0.3, 0.4) is 0 Å². The maximum atomic E-state index is 11.8. The third-order valence-corrected chi connectivity index (χ3v) is 7.28. The molecule has 0 amide bonds. The van der Waals surface area contributed by atoms with Gasteiger partial charge in [0, 0.05) is 17.8 Å². The van der Waals surface area contributed by atoms with E-state index in [2.05, 4.69) is 5.32 Å². The number of carbonyl (C=O) groups excluding carboxylic acids is 1. The number of non-ortho nitro benzene ring substituents is 1. The molecule has 6 nitrogen and oxygen atoms in total. The summed E-state index contributed by atoms with van der Waals surface area (Å²) in [5.41, 5.74) is 4.98. The van der Waals surface area contributed by atoms with Crippen molar-refractivity contribution in [2.75, 3.05) is 12.4 Å². The Morgan fingerprint density at radius 2 is 1.90 bits per heavy atom. The number of benzene rings is 2. The van der Waals surface area contributed by atoms with Crippen molar-refractivity contribution in [3.63, 3.8) is 0 Å². The number of nitro benzene ring substituents is 1. The number of rotatable bonds is 3. The number of aryl methyl sites for hydroxylation is 1. The molecule has 0 spiro atoms. The molecular formula is C23H24N2O4. The molecular weight excluding hydrogens is 368 g/mol. The van der Waals surface area contributed by atoms with Gasteiger partial charge in [0.15, 0.2) is 0 Å². The second-order valence-electron chi connectivity index (χ2n) is 8.66. The minimum Gasteiger partial charge on any atom is -0.465 e. The number of nitrogens with zero attached hydrogens (tertiary/aromatic N) is 1. The maximum Gasteiger partial charge on any atom is 0.337 e. The van der Waals surface area contributed by atoms with Gasteiger partial charge in [0.1, 0.15) is 0 Å². The second kappa shape index (κ2) is 6.58. The van der Waals surface area contributed by atoms with Crippen molar-refractivity contribution >= 4 is 17.3 Å². The fourth-order valence-corrected chi connectivity index (χ4v) is 6.14. The summed E-state index contributed by atoms with van der Waals surface area (Å²) in [6.45, 7) is 1.95. The van der Waals surface area contributed by atoms with Crippen LogP contribution in [0.25, 0.3) is 0 Å². The molecule has 2 fully saturated rings. The van der Waals surface area contributed by atoms with E-state index in [1.807, 2.05) is 31.2 Å². The Morgan fingerprint density at radius 1 is 1.17 bits per heavy atom. The minimum atomic E-state index is -0.334. The molecule has 0 radical (unpaired) electrons. The first-order valence-corrected chi connectivity index (χ1v) is 10.2. The molecule has 5 atom stereocenters. The summed E-state index contributed by atoms with van der Waals surface area (Å²) in [7, 11) is 1.39. The van der Waals surface area contributed by atoms with E-state index in [1.165, 1.54) is 26.4 Å². The highest BCUT2D eigenvalue weighted by molar-refractivity contribution is 5.89. The van der Waals surface area contributed by atoms with Gasteiger partial charge in [-0.25, -0.2) is 4.79 Å². The number of fused-ring (bicyclic) bond motifs is 7. The summed E-state index contributed by atoms with van der Waals surface area (Å²) in [5.74, 6) is 1.68. The molecule has 150 valence electrons. The van der Waals surface area contributed by atoms with Crippen molar-refractivity contribution in [2.24, 2.45) is 17.8 Å². The smallest absolute Gasteiger partial charge is 0.337 e. The predicted octanol–water partition coefficient (Wildman–Crippen LogP) is 4.99. The zero-order valence-corrected chi connectivity index (χ0v) is 16.6. The van der Waals surface area contributed by atoms with E-state index in [-0.39, 0.29) is 22.6 Å². The molecule has 2 aromatic rings. The zero-order valence-electron chi connectivity index (χ0n) is 16.6. The van der Waals surface area contributed by atoms with E-state index < -0.39 is 0 Å². The van der Waals surface area contributed by atoms with Crippen LogP contribution in [0.4, 0.5) is 11.4 Å². The molecule has 6 heteroatoms. The highest BCUT2D eigenvalue weighted by Gasteiger charge is 2.54. The normalized spacial score (nSPS) is 29.0. The lowest BCUT2D eigenvalue weighted by Crippen LogP contribution is -2.35. The van der Waals surface area contributed by atoms with Crippen molar-refractivity contribution in [3.8, 4) is 0 Å². The highest BCUT2D eigenvalue weighted by atomic mass is 16.6. The van der Waals surface area contributed by atoms with E-state index in [4.69, 9.17) is 4.74 Å². The van der Waals surface area contributed by atoms with E-state index in [0.717, 1.165) is 22.4 Å². The number of methoxy groups -OCH3 is 1. The summed E-state index contributed by atoms with van der Waals surface area (Å²) in [6.07, 6.45) is 3.64. The van der Waals surface area contributed by atoms with Crippen LogP contribution in [0, 0.1) is 34.8 Å². The largest absolute Gasteiger partial charge is 0.465 e. The van der Waals surface area contributed by atoms with Gasteiger partial charge in [0.25, 0.3) is 5.69 Å². The van der Waals surface area contributed by atoms with Crippen molar-refractivity contribution in [1.82, 2.24) is 0 Å². The van der Waals surface area contributed by atoms with Crippen molar-refractivity contribution in [3.05, 3.63) is 68.8 Å². The molecule has 0 saturated heterocycles. The highest BCUT2D eigenvalue weighted by Crippen LogP contribution is 2.64. The molecule has 2 bridgehead atoms. The average molecular weight is 392 g/mol. The van der Waals surface area contributed by atoms with Gasteiger partial charge in [-0.1, -0.05) is 12.1 Å². The lowest BCUT2D eigenvalue weighted by atomic mass is 9.67. The van der Waals surface area contributed by atoms with Gasteiger partial charge in [-0.2, -0.15) is 0 Å². The molecule has 2 aromatic carbocycles. The maximum absolute atomic E-state index is 11.8. The molecule has 1 aliphatic heterocycles. The third-order valence-electron chi connectivity index (χ3n) is 7.28. The van der Waals surface area contributed by atoms with Crippen LogP contribution in [0.15, 0.2) is 36.4 Å². The van der Waals surface area contributed by atoms with Crippen LogP contribution < -0.4 is 5.32 Å². The Bertz CT molecular complexity index is 1000. The van der Waals surface area contributed by atoms with Gasteiger partial charge in [-0.05, 0) is 78.7 Å². The van der Waals surface area contributed by atoms with Crippen LogP contribution in [0.1, 0.15) is 58.3 Å². The van der Waals surface area contributed by atoms with E-state index >= 15 is 0 Å². The van der Waals surface area contributed by atoms with Crippen molar-refractivity contribution in [1.29, 1.82) is 0 Å². The minimum absolute atomic E-state index is 0.148. The summed E-state index contributed by atoms with van der Waals surface area (Å²) in [6, 6.07) is 11.3. The SMILES string of the molecule is COC(=O)c1ccc(C2Nc3c(C)cc([N+](=O)[O-])cc3C3C4CCC(C4)C23)cc1. The molecule has 1 heterocycles. The fourth-order valence-electron chi connectivity index (χ4n) is 6.14. The Morgan fingerprint density at radius 3 is 2.59 bits per heavy atom. The topological polar surface area (TPSA) is 81.5 Å². The molecule has 0 aromatic heterocycles. The van der Waals surface area contributed by atoms with Gasteiger partial charge in [-0.15, -0.1) is 0 Å². The number of nitrogens with one attached hydrogen (secondary N) is 1. The van der Waals surface area contributed by atoms with Gasteiger partial charge in [-0.3, -0.25) is 10.1 Å². The van der Waals surface area contributed by atoms with E-state index in [0.29, 0.717) is 29.2 Å². The first-order chi connectivity index (χ1) is 14.0. The zero-order chi connectivity index (χ0) is 20.3. The van der Waals surface area contributed by atoms with Gasteiger partial charge >= 0.3 is 5.97 Å². The third kappa shape index (κ3) is 2.73. The molecule has 2 aliphatic carbocycles. The number of hydrogen-bond donors (Lipinski definition) is 1. The lowest BCUT2D eigenvalue weighted by molar-refractivity contribution is -0.385. The Hall–Kier alpha value is -2.89. The number of anilines is 1. The fraction of sp³-hybridized carbons (Fsp3) is 0.435. The lowest BCUT2D eigenvalue weighted by Gasteiger charge is -2.44. The summed E-state index contributed by atoms with van der Waals surface area (Å²) in [5, 5.41) is 15.2. The van der Waals surface area contributed by atoms with Crippen LogP contribution in [-0.2, 0) is 4.74 Å². The number of ether oxygens (including phenoxy) is 1. The predicted molar refractivity (Wildman–Crippen MR) is 109 cm³/mol. The van der Waals surface area contributed by atoms with Crippen LogP contribution in [-0.4, -0.2) is 18.0 Å². The number of esters is 1. The molecule has 5 rings (SSSR count). The van der Waals surface area contributed by atoms with Crippen molar-refractivity contribution in [2.45, 2.75) is 38.1 Å². The monoisotopic (exact) mass is 392 g/mol. The molecule has 3 aliphatic rings. The van der Waals surface area contributed by atoms with Crippen LogP contribution in [0.2, 0.25) is 0 Å². The molecule has 29 heavy (non-hydrogen) atoms. The Kier molecular flexibility index (Phi) is 4.12. The summed E-state index contributed by atoms with van der Waals surface area (Å²) >= 11 is 0. The quantitative estimate of drug-likeness (QED) is 0.452. The number of nitro groups is 1. The molecule has 5 unspecified atom stereocenters. The standard InChI is InChI=1S/C23H24N2O4/c1-12-9-17(25(27)28)11-18-19-15-7-8-16(10-15)20(19)22(24-21(12)18)13-3-5-14(6-4-13)23(26)29-2/h3-6,9,11,15-16,19-20,22,24H,7-8,10H2,1-2H3. The Labute approximate surface area is 169 Å². The van der Waals surface area contributed by atoms with Gasteiger partial charge in [0.05, 0.1) is 23.6 Å². The number of carbonyl (C=O) groups is 1. The van der Waals surface area contributed by atoms with Crippen molar-refractivity contribution < 1.29 is 14.5 Å². The molecule has 1 N–H and O–H groups in total. The average Bonchev–Trinajstić information content (AvgIpc) is 3.35. The summed E-state index contributed by atoms with van der Waals surface area (Å²) < 4.78 is 4.81. The first-order valence-electron chi connectivity index (χ1n) is 10.2. The van der Waals surface area contributed by atoms with Gasteiger partial charge in [0.2, 0.25) is 0 Å². The van der Waals surface area contributed by atoms with E-state index in [9.17, 15) is 14.9 Å². The Balaban J connectivity index is 1.59.